The fourth-order valence-corrected chi connectivity index (χ4v) is 12.7. The van der Waals surface area contributed by atoms with E-state index in [9.17, 15) is 26.4 Å². The van der Waals surface area contributed by atoms with Crippen LogP contribution in [-0.2, 0) is 42.6 Å². The van der Waals surface area contributed by atoms with Gasteiger partial charge in [-0.15, -0.1) is 22.7 Å². The zero-order chi connectivity index (χ0) is 48.4. The van der Waals surface area contributed by atoms with E-state index in [1.54, 1.807) is 126 Å². The van der Waals surface area contributed by atoms with E-state index in [1.165, 1.54) is 31.3 Å². The van der Waals surface area contributed by atoms with Crippen LogP contribution in [0.15, 0.2) is 120 Å². The molecule has 2 aliphatic heterocycles. The van der Waals surface area contributed by atoms with Crippen molar-refractivity contribution >= 4 is 114 Å². The monoisotopic (exact) mass is 1050 g/mol. The quantitative estimate of drug-likeness (QED) is 0.110. The summed E-state index contributed by atoms with van der Waals surface area (Å²) in [7, 11) is -3.17. The van der Waals surface area contributed by atoms with Gasteiger partial charge in [0.15, 0.2) is 0 Å². The molecule has 0 atom stereocenters. The number of thiophene rings is 2. The predicted octanol–water partition coefficient (Wildman–Crippen LogP) is 12.5. The summed E-state index contributed by atoms with van der Waals surface area (Å²) in [6.45, 7) is 15.0. The average Bonchev–Trinajstić information content (AvgIpc) is 3.87. The number of rotatable bonds is 6. The molecule has 1 radical (unpaired) electrons. The molecule has 4 aromatic carbocycles. The number of amides is 2. The number of benzene rings is 4. The van der Waals surface area contributed by atoms with Crippen LogP contribution < -0.4 is 19.2 Å². The van der Waals surface area contributed by atoms with Gasteiger partial charge >= 0.3 is 36.9 Å². The number of anilines is 4. The van der Waals surface area contributed by atoms with E-state index in [1.807, 2.05) is 31.4 Å². The number of fused-ring (bicyclic) bond motifs is 6. The van der Waals surface area contributed by atoms with E-state index in [-0.39, 0.29) is 22.9 Å². The van der Waals surface area contributed by atoms with Crippen LogP contribution in [0.4, 0.5) is 32.3 Å². The van der Waals surface area contributed by atoms with Crippen molar-refractivity contribution in [3.63, 3.8) is 0 Å². The Kier molecular flexibility index (Phi) is 15.3. The van der Waals surface area contributed by atoms with Gasteiger partial charge in [0.1, 0.15) is 11.2 Å². The van der Waals surface area contributed by atoms with Gasteiger partial charge in [0.05, 0.1) is 59.2 Å². The van der Waals surface area contributed by atoms with Crippen molar-refractivity contribution in [3.8, 4) is 20.9 Å². The van der Waals surface area contributed by atoms with Gasteiger partial charge in [-0.1, -0.05) is 59.7 Å². The van der Waals surface area contributed by atoms with Crippen molar-refractivity contribution in [2.75, 3.05) is 19.2 Å². The summed E-state index contributed by atoms with van der Waals surface area (Å²) < 4.78 is 71.1. The van der Waals surface area contributed by atoms with E-state index >= 15 is 0 Å². The fraction of sp³-hybridized carbons (Fsp3) is 0.261. The predicted molar refractivity (Wildman–Crippen MR) is 273 cm³/mol. The molecule has 6 aromatic rings. The van der Waals surface area contributed by atoms with Gasteiger partial charge in [-0.2, -0.15) is 0 Å². The first kappa shape index (κ1) is 50.4. The Morgan fingerprint density at radius 1 is 0.682 bits per heavy atom. The SMILES string of the molecule is Cc1ccc(S(=O)(=O)N2Cc3cccc(NC(=O)OC(C)(C)C)c3-c3sc(Br)cc32)cc1.Cc1ccc(S(=O)(=O)N2Cc3cccc(NC(=O)OC(C)(C)C)c3-c3sccc32)cc1.[B]=NS. The summed E-state index contributed by atoms with van der Waals surface area (Å²) >= 11 is 9.56. The number of sulfonamides is 2. The van der Waals surface area contributed by atoms with E-state index < -0.39 is 43.4 Å². The van der Waals surface area contributed by atoms with E-state index in [4.69, 9.17) is 9.47 Å². The molecule has 20 heteroatoms. The zero-order valence-electron chi connectivity index (χ0n) is 37.4. The third-order valence-corrected chi connectivity index (χ3v) is 15.9. The van der Waals surface area contributed by atoms with Crippen LogP contribution in [0.2, 0.25) is 0 Å². The summed E-state index contributed by atoms with van der Waals surface area (Å²) in [5.74, 6) is 0. The van der Waals surface area contributed by atoms with Crippen LogP contribution in [0.25, 0.3) is 20.9 Å². The van der Waals surface area contributed by atoms with Crippen molar-refractivity contribution in [2.45, 2.75) is 89.5 Å². The van der Waals surface area contributed by atoms with Crippen molar-refractivity contribution < 1.29 is 35.9 Å². The van der Waals surface area contributed by atoms with Crippen LogP contribution in [0.5, 0.6) is 0 Å². The standard InChI is InChI=1S/C23H23BrN2O4S2.C23H24N2O4S2.BHNS/c1-14-8-10-16(11-9-14)32(28,29)26-13-15-6-5-7-17(25-22(27)30-23(2,3)4)20(15)21-18(26)12-19(24)31-21;1-15-8-10-17(11-9-15)31(27,28)25-14-16-6-5-7-18(24-22(26)29-23(2,3)4)20(16)21-19(25)12-13-30-21;1-2-3/h5-12H,13H2,1-4H3,(H,25,27);5-13H,14H2,1-4H3,(H,24,26);3H. The summed E-state index contributed by atoms with van der Waals surface area (Å²) in [6.07, 6.45) is -1.11. The van der Waals surface area contributed by atoms with Gasteiger partial charge in [-0.3, -0.25) is 19.2 Å². The molecule has 0 spiro atoms. The third kappa shape index (κ3) is 11.6. The van der Waals surface area contributed by atoms with Gasteiger partial charge in [-0.25, -0.2) is 26.4 Å². The van der Waals surface area contributed by atoms with E-state index in [0.29, 0.717) is 22.7 Å². The number of aryl methyl sites for hydroxylation is 2. The van der Waals surface area contributed by atoms with E-state index in [2.05, 4.69) is 51.3 Å². The van der Waals surface area contributed by atoms with Gasteiger partial charge < -0.3 is 9.47 Å². The Bertz CT molecular complexity index is 3000. The molecule has 2 aromatic heterocycles. The molecular weight excluding hydrogens is 1000 g/mol. The molecule has 13 nitrogen and oxygen atoms in total. The molecule has 345 valence electrons. The second kappa shape index (κ2) is 20.1. The summed E-state index contributed by atoms with van der Waals surface area (Å²) in [6, 6.07) is 28.3. The van der Waals surface area contributed by atoms with E-state index in [0.717, 1.165) is 46.9 Å². The summed E-state index contributed by atoms with van der Waals surface area (Å²) in [5.41, 5.74) is 6.36. The molecule has 66 heavy (non-hydrogen) atoms. The van der Waals surface area contributed by atoms with Crippen LogP contribution >= 0.6 is 51.4 Å². The second-order valence-electron chi connectivity index (χ2n) is 17.1. The van der Waals surface area contributed by atoms with Crippen molar-refractivity contribution in [3.05, 3.63) is 128 Å². The van der Waals surface area contributed by atoms with Crippen molar-refractivity contribution in [1.29, 1.82) is 0 Å². The van der Waals surface area contributed by atoms with Crippen LogP contribution in [0, 0.1) is 13.8 Å². The molecule has 0 saturated heterocycles. The molecule has 0 saturated carbocycles. The zero-order valence-corrected chi connectivity index (χ0v) is 43.1. The van der Waals surface area contributed by atoms with Crippen molar-refractivity contribution in [1.82, 2.24) is 0 Å². The fourth-order valence-electron chi connectivity index (χ4n) is 7.02. The number of nitrogens with zero attached hydrogens (tertiary/aromatic N) is 3. The minimum atomic E-state index is -3.77. The molecule has 8 rings (SSSR count). The Morgan fingerprint density at radius 2 is 1.09 bits per heavy atom. The maximum atomic E-state index is 13.5. The van der Waals surface area contributed by atoms with Crippen LogP contribution in [0.3, 0.4) is 0 Å². The number of thiol groups is 1. The molecule has 2 N–H and O–H groups in total. The number of carbonyl (C=O) groups is 2. The first-order chi connectivity index (χ1) is 30.9. The normalized spacial score (nSPS) is 12.9. The number of nitrogens with one attached hydrogen (secondary N) is 2. The Morgan fingerprint density at radius 3 is 1.52 bits per heavy atom. The maximum absolute atomic E-state index is 13.5. The van der Waals surface area contributed by atoms with Gasteiger partial charge in [-0.05, 0) is 136 Å². The number of hydrogen-bond acceptors (Lipinski definition) is 12. The summed E-state index contributed by atoms with van der Waals surface area (Å²) in [4.78, 5) is 26.8. The summed E-state index contributed by atoms with van der Waals surface area (Å²) in [5, 5.41) is 7.52. The minimum absolute atomic E-state index is 0.158. The third-order valence-electron chi connectivity index (χ3n) is 9.74. The first-order valence-electron chi connectivity index (χ1n) is 20.3. The van der Waals surface area contributed by atoms with Crippen molar-refractivity contribution in [2.24, 2.45) is 4.30 Å². The van der Waals surface area contributed by atoms with Gasteiger partial charge in [0.25, 0.3) is 20.0 Å². The number of halogens is 1. The molecule has 0 fully saturated rings. The molecule has 0 bridgehead atoms. The molecule has 4 heterocycles. The van der Waals surface area contributed by atoms with Crippen LogP contribution in [-0.4, -0.2) is 47.9 Å². The molecule has 0 aliphatic carbocycles. The molecule has 2 amide bonds. The number of ether oxygens (including phenoxy) is 2. The molecule has 2 aliphatic rings. The number of hydrogen-bond donors (Lipinski definition) is 3. The van der Waals surface area contributed by atoms with Gasteiger partial charge in [0.2, 0.25) is 0 Å². The van der Waals surface area contributed by atoms with Gasteiger partial charge in [0, 0.05) is 11.1 Å². The topological polar surface area (TPSA) is 164 Å². The Balaban J connectivity index is 0.000000206. The molecular formula is C46H48BBrN5O8S5. The number of carbonyl (C=O) groups excluding carboxylic acids is 2. The second-order valence-corrected chi connectivity index (χ2v) is 24.4. The average molecular weight is 1050 g/mol. The van der Waals surface area contributed by atoms with Crippen LogP contribution in [0.1, 0.15) is 63.8 Å². The Hall–Kier alpha value is -4.99. The Labute approximate surface area is 409 Å². The first-order valence-corrected chi connectivity index (χ1v) is 26.0. The molecule has 0 unspecified atom stereocenters.